The summed E-state index contributed by atoms with van der Waals surface area (Å²) in [6.07, 6.45) is 2.31. The average molecular weight is 565 g/mol. The minimum absolute atomic E-state index is 0.00814. The van der Waals surface area contributed by atoms with E-state index in [1.54, 1.807) is 24.4 Å². The second-order valence-corrected chi connectivity index (χ2v) is 11.3. The van der Waals surface area contributed by atoms with E-state index in [1.807, 2.05) is 38.1 Å². The van der Waals surface area contributed by atoms with Crippen LogP contribution in [0.25, 0.3) is 21.9 Å². The van der Waals surface area contributed by atoms with Gasteiger partial charge in [0.2, 0.25) is 10.0 Å². The lowest BCUT2D eigenvalue weighted by Crippen LogP contribution is -2.44. The van der Waals surface area contributed by atoms with Crippen molar-refractivity contribution >= 4 is 49.5 Å². The highest BCUT2D eigenvalue weighted by atomic mass is 35.5. The van der Waals surface area contributed by atoms with E-state index in [1.165, 1.54) is 24.3 Å². The van der Waals surface area contributed by atoms with E-state index in [9.17, 15) is 18.0 Å². The molecule has 0 spiro atoms. The summed E-state index contributed by atoms with van der Waals surface area (Å²) >= 11 is 6.44. The molecule has 0 unspecified atom stereocenters. The highest BCUT2D eigenvalue weighted by Gasteiger charge is 2.29. The standard InChI is InChI=1S/C29H25ClN2O6S/c1-3-18-13-28(33)37-26-15-27(23(30)14-22(18)26)38-29(34)25(12-19-16-31-24-7-5-4-6-21(19)24)32-39(35,36)20-10-8-17(2)9-11-20/h4-11,13-16,25,31-32H,3,12H2,1-2H3/t25-/m0/s1. The third-order valence-corrected chi connectivity index (χ3v) is 8.27. The molecule has 0 aliphatic carbocycles. The van der Waals surface area contributed by atoms with Crippen LogP contribution in [0.4, 0.5) is 0 Å². The molecule has 2 heterocycles. The molecule has 0 radical (unpaired) electrons. The summed E-state index contributed by atoms with van der Waals surface area (Å²) in [5, 5.41) is 1.59. The number of sulfonamides is 1. The van der Waals surface area contributed by atoms with Gasteiger partial charge in [0.1, 0.15) is 11.6 Å². The number of fused-ring (bicyclic) bond motifs is 2. The number of benzene rings is 3. The number of hydrogen-bond acceptors (Lipinski definition) is 6. The van der Waals surface area contributed by atoms with Crippen LogP contribution in [0.2, 0.25) is 5.02 Å². The third kappa shape index (κ3) is 5.61. The fraction of sp³-hybridized carbons (Fsp3) is 0.172. The fourth-order valence-corrected chi connectivity index (χ4v) is 5.83. The smallest absolute Gasteiger partial charge is 0.336 e. The largest absolute Gasteiger partial charge is 0.424 e. The molecule has 5 aromatic rings. The number of aromatic nitrogens is 1. The molecule has 0 fully saturated rings. The van der Waals surface area contributed by atoms with Crippen LogP contribution in [0.15, 0.2) is 87.0 Å². The average Bonchev–Trinajstić information content (AvgIpc) is 3.31. The lowest BCUT2D eigenvalue weighted by molar-refractivity contribution is -0.136. The molecule has 0 saturated heterocycles. The zero-order chi connectivity index (χ0) is 27.7. The number of esters is 1. The molecular weight excluding hydrogens is 540 g/mol. The van der Waals surface area contributed by atoms with Crippen LogP contribution in [0.1, 0.15) is 23.6 Å². The molecule has 0 bridgehead atoms. The minimum atomic E-state index is -4.08. The Morgan fingerprint density at radius 1 is 1.05 bits per heavy atom. The summed E-state index contributed by atoms with van der Waals surface area (Å²) in [5.41, 5.74) is 2.88. The van der Waals surface area contributed by atoms with Crippen LogP contribution in [0.5, 0.6) is 5.75 Å². The maximum atomic E-state index is 13.5. The fourth-order valence-electron chi connectivity index (χ4n) is 4.44. The SMILES string of the molecule is CCc1cc(=O)oc2cc(OC(=O)[C@H](Cc3c[nH]c4ccccc34)NS(=O)(=O)c3ccc(C)cc3)c(Cl)cc12. The summed E-state index contributed by atoms with van der Waals surface area (Å²) in [7, 11) is -4.08. The molecule has 200 valence electrons. The van der Waals surface area contributed by atoms with E-state index in [2.05, 4.69) is 9.71 Å². The first-order chi connectivity index (χ1) is 18.6. The van der Waals surface area contributed by atoms with Crippen molar-refractivity contribution in [2.45, 2.75) is 37.6 Å². The van der Waals surface area contributed by atoms with E-state index in [4.69, 9.17) is 20.8 Å². The van der Waals surface area contributed by atoms with Gasteiger partial charge in [-0.15, -0.1) is 0 Å². The number of hydrogen-bond donors (Lipinski definition) is 2. The summed E-state index contributed by atoms with van der Waals surface area (Å²) in [6, 6.07) is 16.8. The molecule has 3 aromatic carbocycles. The predicted molar refractivity (Wildman–Crippen MR) is 150 cm³/mol. The van der Waals surface area contributed by atoms with Gasteiger partial charge in [-0.2, -0.15) is 4.72 Å². The van der Waals surface area contributed by atoms with E-state index >= 15 is 0 Å². The number of nitrogens with one attached hydrogen (secondary N) is 2. The minimum Gasteiger partial charge on any atom is -0.424 e. The predicted octanol–water partition coefficient (Wildman–Crippen LogP) is 5.29. The molecule has 8 nitrogen and oxygen atoms in total. The molecule has 1 atom stereocenters. The third-order valence-electron chi connectivity index (χ3n) is 6.49. The first-order valence-corrected chi connectivity index (χ1v) is 14.1. The Hall–Kier alpha value is -3.92. The number of aryl methyl sites for hydroxylation is 2. The number of ether oxygens (including phenoxy) is 1. The topological polar surface area (TPSA) is 118 Å². The van der Waals surface area contributed by atoms with Gasteiger partial charge in [-0.05, 0) is 48.7 Å². The molecule has 39 heavy (non-hydrogen) atoms. The summed E-state index contributed by atoms with van der Waals surface area (Å²) < 4.78 is 39.9. The van der Waals surface area contributed by atoms with Crippen LogP contribution in [-0.2, 0) is 27.7 Å². The molecule has 0 saturated carbocycles. The number of para-hydroxylation sites is 1. The Morgan fingerprint density at radius 2 is 1.79 bits per heavy atom. The number of carbonyl (C=O) groups excluding carboxylic acids is 1. The normalized spacial score (nSPS) is 12.6. The number of halogens is 1. The van der Waals surface area contributed by atoms with Crippen molar-refractivity contribution in [2.75, 3.05) is 0 Å². The van der Waals surface area contributed by atoms with Gasteiger partial charge in [0, 0.05) is 41.0 Å². The van der Waals surface area contributed by atoms with Gasteiger partial charge >= 0.3 is 11.6 Å². The molecule has 0 aliphatic rings. The lowest BCUT2D eigenvalue weighted by Gasteiger charge is -2.18. The van der Waals surface area contributed by atoms with Crippen molar-refractivity contribution in [3.05, 3.63) is 105 Å². The number of H-pyrrole nitrogens is 1. The van der Waals surface area contributed by atoms with Gasteiger partial charge in [0.05, 0.1) is 9.92 Å². The van der Waals surface area contributed by atoms with Crippen molar-refractivity contribution in [3.63, 3.8) is 0 Å². The van der Waals surface area contributed by atoms with Gasteiger partial charge in [-0.25, -0.2) is 18.0 Å². The summed E-state index contributed by atoms with van der Waals surface area (Å²) in [4.78, 5) is 28.7. The number of aromatic amines is 1. The van der Waals surface area contributed by atoms with Crippen molar-refractivity contribution in [3.8, 4) is 5.75 Å². The Morgan fingerprint density at radius 3 is 2.54 bits per heavy atom. The molecule has 2 N–H and O–H groups in total. The zero-order valence-corrected chi connectivity index (χ0v) is 22.7. The molecule has 0 amide bonds. The van der Waals surface area contributed by atoms with Crippen LogP contribution < -0.4 is 15.1 Å². The van der Waals surface area contributed by atoms with Crippen molar-refractivity contribution < 1.29 is 22.4 Å². The van der Waals surface area contributed by atoms with Gasteiger partial charge < -0.3 is 14.1 Å². The maximum absolute atomic E-state index is 13.5. The Balaban J connectivity index is 1.51. The Bertz CT molecular complexity index is 1860. The number of carbonyl (C=O) groups is 1. The quantitative estimate of drug-likeness (QED) is 0.150. The summed E-state index contributed by atoms with van der Waals surface area (Å²) in [6.45, 7) is 3.74. The second kappa shape index (κ2) is 10.7. The molecule has 5 rings (SSSR count). The number of rotatable bonds is 8. The highest BCUT2D eigenvalue weighted by molar-refractivity contribution is 7.89. The van der Waals surface area contributed by atoms with E-state index in [-0.39, 0.29) is 27.7 Å². The van der Waals surface area contributed by atoms with Crippen LogP contribution in [0.3, 0.4) is 0 Å². The van der Waals surface area contributed by atoms with E-state index in [0.717, 1.165) is 27.6 Å². The van der Waals surface area contributed by atoms with Gasteiger partial charge in [-0.1, -0.05) is 54.4 Å². The van der Waals surface area contributed by atoms with Crippen LogP contribution in [0, 0.1) is 6.92 Å². The van der Waals surface area contributed by atoms with Crippen molar-refractivity contribution in [1.82, 2.24) is 9.71 Å². The molecule has 2 aromatic heterocycles. The monoisotopic (exact) mass is 564 g/mol. The molecule has 0 aliphatic heterocycles. The van der Waals surface area contributed by atoms with Crippen LogP contribution >= 0.6 is 11.6 Å². The van der Waals surface area contributed by atoms with Gasteiger partial charge in [0.15, 0.2) is 5.75 Å². The van der Waals surface area contributed by atoms with E-state index < -0.39 is 27.7 Å². The first-order valence-electron chi connectivity index (χ1n) is 12.3. The Labute approximate surface area is 229 Å². The zero-order valence-electron chi connectivity index (χ0n) is 21.2. The molecule has 10 heteroatoms. The van der Waals surface area contributed by atoms with Gasteiger partial charge in [-0.3, -0.25) is 0 Å². The maximum Gasteiger partial charge on any atom is 0.336 e. The van der Waals surface area contributed by atoms with E-state index in [0.29, 0.717) is 11.8 Å². The Kier molecular flexibility index (Phi) is 7.31. The lowest BCUT2D eigenvalue weighted by atomic mass is 10.1. The van der Waals surface area contributed by atoms with Gasteiger partial charge in [0.25, 0.3) is 0 Å². The molecular formula is C29H25ClN2O6S. The van der Waals surface area contributed by atoms with Crippen LogP contribution in [-0.4, -0.2) is 25.4 Å². The van der Waals surface area contributed by atoms with Crippen molar-refractivity contribution in [1.29, 1.82) is 0 Å². The second-order valence-electron chi connectivity index (χ2n) is 9.19. The summed E-state index contributed by atoms with van der Waals surface area (Å²) in [5.74, 6) is -0.921. The first kappa shape index (κ1) is 26.7. The highest BCUT2D eigenvalue weighted by Crippen LogP contribution is 2.32. The van der Waals surface area contributed by atoms with Crippen molar-refractivity contribution in [2.24, 2.45) is 0 Å².